The summed E-state index contributed by atoms with van der Waals surface area (Å²) in [5, 5.41) is 0. The van der Waals surface area contributed by atoms with Gasteiger partial charge in [-0.3, -0.25) is 4.31 Å². The van der Waals surface area contributed by atoms with Crippen LogP contribution in [0.4, 0.5) is 11.5 Å². The summed E-state index contributed by atoms with van der Waals surface area (Å²) in [4.78, 5) is 6.00. The van der Waals surface area contributed by atoms with Gasteiger partial charge in [0, 0.05) is 30.8 Å². The highest BCUT2D eigenvalue weighted by molar-refractivity contribution is 7.92. The van der Waals surface area contributed by atoms with E-state index in [9.17, 15) is 8.42 Å². The van der Waals surface area contributed by atoms with Gasteiger partial charge in [-0.05, 0) is 67.5 Å². The summed E-state index contributed by atoms with van der Waals surface area (Å²) in [6, 6.07) is 17.2. The van der Waals surface area contributed by atoms with E-state index in [-0.39, 0.29) is 6.04 Å². The van der Waals surface area contributed by atoms with E-state index >= 15 is 0 Å². The Kier molecular flexibility index (Phi) is 6.06. The fraction of sp³-hybridized carbons (Fsp3) is 0.407. The second-order valence-corrected chi connectivity index (χ2v) is 11.4. The van der Waals surface area contributed by atoms with E-state index in [0.717, 1.165) is 41.3 Å². The van der Waals surface area contributed by atoms with Crippen LogP contribution in [0.15, 0.2) is 54.7 Å². The smallest absolute Gasteiger partial charge is 0.232 e. The van der Waals surface area contributed by atoms with Gasteiger partial charge in [0.15, 0.2) is 0 Å². The molecule has 1 N–H and O–H groups in total. The number of nitrogens with one attached hydrogen (secondary N) is 1. The van der Waals surface area contributed by atoms with Crippen LogP contribution in [0.3, 0.4) is 0 Å². The van der Waals surface area contributed by atoms with Gasteiger partial charge in [0.05, 0.1) is 25.1 Å². The van der Waals surface area contributed by atoms with Gasteiger partial charge in [-0.25, -0.2) is 8.42 Å². The number of aromatic amines is 1. The van der Waals surface area contributed by atoms with Gasteiger partial charge in [0.25, 0.3) is 0 Å². The number of hydrogen-bond acceptors (Lipinski definition) is 4. The molecule has 0 radical (unpaired) electrons. The molecule has 0 aliphatic carbocycles. The lowest BCUT2D eigenvalue weighted by molar-refractivity contribution is 0.410. The number of aromatic nitrogens is 1. The maximum Gasteiger partial charge on any atom is 0.232 e. The molecule has 2 aromatic carbocycles. The van der Waals surface area contributed by atoms with E-state index in [1.807, 2.05) is 25.3 Å². The van der Waals surface area contributed by atoms with Crippen molar-refractivity contribution in [2.45, 2.75) is 51.1 Å². The van der Waals surface area contributed by atoms with Crippen molar-refractivity contribution in [2.75, 3.05) is 29.1 Å². The topological polar surface area (TPSA) is 65.6 Å². The lowest BCUT2D eigenvalue weighted by Gasteiger charge is -2.37. The van der Waals surface area contributed by atoms with E-state index in [1.54, 1.807) is 11.4 Å². The number of hydrogen-bond donors (Lipinski definition) is 1. The molecular formula is C27H33N3O3S. The maximum atomic E-state index is 12.5. The van der Waals surface area contributed by atoms with Crippen molar-refractivity contribution >= 4 is 21.5 Å². The number of H-pyrrole nitrogens is 1. The molecule has 6 nitrogen and oxygen atoms in total. The lowest BCUT2D eigenvalue weighted by atomic mass is 9.94. The third-order valence-corrected chi connectivity index (χ3v) is 8.43. The second kappa shape index (κ2) is 9.02. The van der Waals surface area contributed by atoms with Gasteiger partial charge in [0.1, 0.15) is 11.6 Å². The first-order valence-corrected chi connectivity index (χ1v) is 13.9. The summed E-state index contributed by atoms with van der Waals surface area (Å²) >= 11 is 0. The van der Waals surface area contributed by atoms with Crippen LogP contribution in [-0.2, 0) is 22.9 Å². The Morgan fingerprint density at radius 3 is 2.62 bits per heavy atom. The predicted octanol–water partition coefficient (Wildman–Crippen LogP) is 5.06. The molecule has 0 amide bonds. The molecule has 0 bridgehead atoms. The minimum Gasteiger partial charge on any atom is -0.496 e. The molecule has 2 atom stereocenters. The summed E-state index contributed by atoms with van der Waals surface area (Å²) in [6.45, 7) is 2.96. The van der Waals surface area contributed by atoms with Gasteiger partial charge >= 0.3 is 0 Å². The quantitative estimate of drug-likeness (QED) is 0.537. The molecule has 1 fully saturated rings. The summed E-state index contributed by atoms with van der Waals surface area (Å²) in [7, 11) is -1.66. The standard InChI is InChI=1S/C27H33N3O3S/c1-19-15-22-18-26(33-2)23(17-25(22)30(19)34(3,31)32)16-21-12-13-28-27(21)29-14-8-7-11-24(29)20-9-5-4-6-10-20/h4-6,9-10,12-13,17-19,24,28H,7-8,11,14-16H2,1-3H3. The second-order valence-electron chi connectivity index (χ2n) is 9.55. The van der Waals surface area contributed by atoms with E-state index in [2.05, 4.69) is 46.3 Å². The van der Waals surface area contributed by atoms with Crippen molar-refractivity contribution in [2.24, 2.45) is 0 Å². The molecule has 34 heavy (non-hydrogen) atoms. The largest absolute Gasteiger partial charge is 0.496 e. The van der Waals surface area contributed by atoms with Gasteiger partial charge in [0.2, 0.25) is 10.0 Å². The van der Waals surface area contributed by atoms with Crippen LogP contribution in [0.1, 0.15) is 54.5 Å². The molecule has 2 aliphatic heterocycles. The SMILES string of the molecule is COc1cc2c(cc1Cc1cc[nH]c1N1CCCCC1c1ccccc1)N(S(C)(=O)=O)C(C)C2. The Labute approximate surface area is 202 Å². The monoisotopic (exact) mass is 479 g/mol. The summed E-state index contributed by atoms with van der Waals surface area (Å²) in [5.74, 6) is 1.95. The molecule has 0 spiro atoms. The fourth-order valence-electron chi connectivity index (χ4n) is 5.72. The van der Waals surface area contributed by atoms with Crippen molar-refractivity contribution in [3.8, 4) is 5.75 Å². The number of anilines is 2. The average molecular weight is 480 g/mol. The number of sulfonamides is 1. The Morgan fingerprint density at radius 2 is 1.88 bits per heavy atom. The number of piperidine rings is 1. The lowest BCUT2D eigenvalue weighted by Crippen LogP contribution is -2.34. The van der Waals surface area contributed by atoms with Crippen LogP contribution >= 0.6 is 0 Å². The normalized spacial score (nSPS) is 20.4. The molecule has 2 aliphatic rings. The van der Waals surface area contributed by atoms with Gasteiger partial charge in [-0.2, -0.15) is 0 Å². The Balaban J connectivity index is 1.50. The number of benzene rings is 2. The number of nitrogens with zero attached hydrogens (tertiary/aromatic N) is 2. The van der Waals surface area contributed by atoms with E-state index < -0.39 is 10.0 Å². The summed E-state index contributed by atoms with van der Waals surface area (Å²) < 4.78 is 32.3. The van der Waals surface area contributed by atoms with Crippen LogP contribution in [0, 0.1) is 0 Å². The molecule has 5 rings (SSSR count). The molecule has 3 aromatic rings. The van der Waals surface area contributed by atoms with Gasteiger partial charge in [-0.15, -0.1) is 0 Å². The minimum absolute atomic E-state index is 0.0900. The average Bonchev–Trinajstić information content (AvgIpc) is 3.41. The Morgan fingerprint density at radius 1 is 1.09 bits per heavy atom. The number of fused-ring (bicyclic) bond motifs is 1. The van der Waals surface area contributed by atoms with Crippen LogP contribution in [0.5, 0.6) is 5.75 Å². The number of ether oxygens (including phenoxy) is 1. The van der Waals surface area contributed by atoms with Crippen molar-refractivity contribution in [1.82, 2.24) is 4.98 Å². The minimum atomic E-state index is -3.35. The zero-order chi connectivity index (χ0) is 23.9. The van der Waals surface area contributed by atoms with Crippen LogP contribution in [0.25, 0.3) is 0 Å². The van der Waals surface area contributed by atoms with Crippen LogP contribution < -0.4 is 13.9 Å². The van der Waals surface area contributed by atoms with Gasteiger partial charge in [-0.1, -0.05) is 30.3 Å². The fourth-order valence-corrected chi connectivity index (χ4v) is 6.98. The van der Waals surface area contributed by atoms with Crippen LogP contribution in [-0.4, -0.2) is 39.4 Å². The highest BCUT2D eigenvalue weighted by atomic mass is 32.2. The van der Waals surface area contributed by atoms with E-state index in [4.69, 9.17) is 4.74 Å². The summed E-state index contributed by atoms with van der Waals surface area (Å²) in [5.41, 5.74) is 5.34. The van der Waals surface area contributed by atoms with Gasteiger partial charge < -0.3 is 14.6 Å². The molecular weight excluding hydrogens is 446 g/mol. The van der Waals surface area contributed by atoms with Crippen molar-refractivity contribution < 1.29 is 13.2 Å². The number of methoxy groups -OCH3 is 1. The molecule has 1 aromatic heterocycles. The number of rotatable bonds is 6. The first-order valence-electron chi connectivity index (χ1n) is 12.0. The Bertz CT molecular complexity index is 1270. The molecule has 3 heterocycles. The third-order valence-electron chi connectivity index (χ3n) is 7.16. The van der Waals surface area contributed by atoms with Crippen molar-refractivity contribution in [3.63, 3.8) is 0 Å². The van der Waals surface area contributed by atoms with Crippen molar-refractivity contribution in [3.05, 3.63) is 77.0 Å². The summed E-state index contributed by atoms with van der Waals surface area (Å²) in [6.07, 6.45) is 8.18. The zero-order valence-electron chi connectivity index (χ0n) is 20.1. The zero-order valence-corrected chi connectivity index (χ0v) is 20.9. The molecule has 7 heteroatoms. The maximum absolute atomic E-state index is 12.5. The molecule has 180 valence electrons. The van der Waals surface area contributed by atoms with E-state index in [0.29, 0.717) is 18.9 Å². The third kappa shape index (κ3) is 4.17. The first kappa shape index (κ1) is 22.8. The predicted molar refractivity (Wildman–Crippen MR) is 137 cm³/mol. The highest BCUT2D eigenvalue weighted by Crippen LogP contribution is 2.41. The van der Waals surface area contributed by atoms with E-state index in [1.165, 1.54) is 30.2 Å². The molecule has 1 saturated heterocycles. The first-order chi connectivity index (χ1) is 16.4. The van der Waals surface area contributed by atoms with Crippen molar-refractivity contribution in [1.29, 1.82) is 0 Å². The van der Waals surface area contributed by atoms with Crippen LogP contribution in [0.2, 0.25) is 0 Å². The Hall–Kier alpha value is -2.93. The molecule has 2 unspecified atom stereocenters. The highest BCUT2D eigenvalue weighted by Gasteiger charge is 2.34. The molecule has 0 saturated carbocycles.